The fourth-order valence-electron chi connectivity index (χ4n) is 2.09. The number of hydrogen-bond acceptors (Lipinski definition) is 2. The topological polar surface area (TPSA) is 26.0 Å². The van der Waals surface area contributed by atoms with Crippen LogP contribution in [0.1, 0.15) is 53.9 Å². The smallest absolute Gasteiger partial charge is 0.192 e. The molecule has 1 aromatic heterocycles. The van der Waals surface area contributed by atoms with Crippen molar-refractivity contribution >= 4 is 11.1 Å². The molecule has 0 amide bonds. The molecular formula is C25H34FNO. The lowest BCUT2D eigenvalue weighted by molar-refractivity contribution is 0.561. The Kier molecular flexibility index (Phi) is 13.9. The number of rotatable bonds is 2. The summed E-state index contributed by atoms with van der Waals surface area (Å²) in [6, 6.07) is 16.4. The zero-order chi connectivity index (χ0) is 21.4. The molecule has 0 atom stereocenters. The Hall–Kier alpha value is -2.68. The second-order valence-electron chi connectivity index (χ2n) is 5.63. The van der Waals surface area contributed by atoms with Gasteiger partial charge in [0.15, 0.2) is 11.5 Å². The normalized spacial score (nSPS) is 10.4. The van der Waals surface area contributed by atoms with Crippen LogP contribution in [0, 0.1) is 6.92 Å². The second-order valence-corrected chi connectivity index (χ2v) is 5.63. The molecule has 3 aromatic rings. The lowest BCUT2D eigenvalue weighted by atomic mass is 10.1. The lowest BCUT2D eigenvalue weighted by Crippen LogP contribution is -1.77. The van der Waals surface area contributed by atoms with Crippen LogP contribution in [0.4, 0.5) is 4.39 Å². The first kappa shape index (κ1) is 25.3. The van der Waals surface area contributed by atoms with Crippen molar-refractivity contribution in [3.05, 3.63) is 78.5 Å². The van der Waals surface area contributed by atoms with Gasteiger partial charge in [-0.2, -0.15) is 0 Å². The number of allylic oxidation sites excluding steroid dienone is 4. The highest BCUT2D eigenvalue weighted by Crippen LogP contribution is 2.24. The van der Waals surface area contributed by atoms with Crippen molar-refractivity contribution < 1.29 is 8.81 Å². The SMILES string of the molecule is C/C=C(/C)F.C/C=C\CC.CC.Cc1nc2cc(-c3ccccc3)ccc2o1. The van der Waals surface area contributed by atoms with E-state index in [1.54, 1.807) is 6.92 Å². The van der Waals surface area contributed by atoms with Crippen LogP contribution in [0.25, 0.3) is 22.2 Å². The zero-order valence-electron chi connectivity index (χ0n) is 18.3. The fourth-order valence-corrected chi connectivity index (χ4v) is 2.09. The quantitative estimate of drug-likeness (QED) is 0.414. The summed E-state index contributed by atoms with van der Waals surface area (Å²) in [6.45, 7) is 13.1. The van der Waals surface area contributed by atoms with Gasteiger partial charge in [-0.15, -0.1) is 0 Å². The van der Waals surface area contributed by atoms with Crippen molar-refractivity contribution in [3.8, 4) is 11.1 Å². The second kappa shape index (κ2) is 15.4. The van der Waals surface area contributed by atoms with Crippen LogP contribution >= 0.6 is 0 Å². The monoisotopic (exact) mass is 383 g/mol. The van der Waals surface area contributed by atoms with Gasteiger partial charge in [0, 0.05) is 6.92 Å². The van der Waals surface area contributed by atoms with Crippen molar-refractivity contribution in [2.75, 3.05) is 0 Å². The Bertz CT molecular complexity index is 828. The van der Waals surface area contributed by atoms with E-state index in [2.05, 4.69) is 48.3 Å². The summed E-state index contributed by atoms with van der Waals surface area (Å²) in [4.78, 5) is 4.33. The van der Waals surface area contributed by atoms with Gasteiger partial charge in [0.2, 0.25) is 0 Å². The number of fused-ring (bicyclic) bond motifs is 1. The Labute approximate surface area is 169 Å². The van der Waals surface area contributed by atoms with Crippen LogP contribution in [-0.2, 0) is 0 Å². The molecule has 0 N–H and O–H groups in total. The van der Waals surface area contributed by atoms with Crippen LogP contribution in [0.3, 0.4) is 0 Å². The number of benzene rings is 2. The molecule has 1 heterocycles. The highest BCUT2D eigenvalue weighted by atomic mass is 19.1. The van der Waals surface area contributed by atoms with E-state index < -0.39 is 0 Å². The molecule has 0 unspecified atom stereocenters. The van der Waals surface area contributed by atoms with E-state index in [4.69, 9.17) is 4.42 Å². The molecule has 28 heavy (non-hydrogen) atoms. The molecule has 0 aliphatic heterocycles. The minimum absolute atomic E-state index is 0.120. The van der Waals surface area contributed by atoms with E-state index in [1.165, 1.54) is 24.1 Å². The lowest BCUT2D eigenvalue weighted by Gasteiger charge is -1.99. The molecule has 3 heteroatoms. The summed E-state index contributed by atoms with van der Waals surface area (Å²) >= 11 is 0. The van der Waals surface area contributed by atoms with Gasteiger partial charge in [-0.05, 0) is 50.5 Å². The van der Waals surface area contributed by atoms with Crippen LogP contribution in [0.2, 0.25) is 0 Å². The molecule has 0 bridgehead atoms. The summed E-state index contributed by atoms with van der Waals surface area (Å²) in [5, 5.41) is 0. The summed E-state index contributed by atoms with van der Waals surface area (Å²) in [7, 11) is 0. The molecule has 0 radical (unpaired) electrons. The molecular weight excluding hydrogens is 349 g/mol. The predicted molar refractivity (Wildman–Crippen MR) is 121 cm³/mol. The van der Waals surface area contributed by atoms with Crippen LogP contribution in [0.5, 0.6) is 0 Å². The van der Waals surface area contributed by atoms with Crippen molar-refractivity contribution in [2.45, 2.75) is 54.9 Å². The number of aromatic nitrogens is 1. The van der Waals surface area contributed by atoms with Crippen molar-refractivity contribution in [3.63, 3.8) is 0 Å². The summed E-state index contributed by atoms with van der Waals surface area (Å²) in [6.07, 6.45) is 6.76. The minimum Gasteiger partial charge on any atom is -0.441 e. The first-order valence-corrected chi connectivity index (χ1v) is 9.84. The molecule has 0 spiro atoms. The van der Waals surface area contributed by atoms with Crippen LogP contribution < -0.4 is 0 Å². The highest BCUT2D eigenvalue weighted by molar-refractivity contribution is 5.80. The Morgan fingerprint density at radius 2 is 1.64 bits per heavy atom. The summed E-state index contributed by atoms with van der Waals surface area (Å²) in [5.74, 6) is 0.588. The predicted octanol–water partition coefficient (Wildman–Crippen LogP) is 8.68. The zero-order valence-corrected chi connectivity index (χ0v) is 18.3. The molecule has 0 aliphatic carbocycles. The van der Waals surface area contributed by atoms with E-state index >= 15 is 0 Å². The third kappa shape index (κ3) is 9.86. The van der Waals surface area contributed by atoms with Crippen molar-refractivity contribution in [1.82, 2.24) is 4.98 Å². The van der Waals surface area contributed by atoms with Gasteiger partial charge in [0.25, 0.3) is 0 Å². The molecule has 0 aliphatic rings. The van der Waals surface area contributed by atoms with Crippen LogP contribution in [0.15, 0.2) is 77.0 Å². The number of hydrogen-bond donors (Lipinski definition) is 0. The van der Waals surface area contributed by atoms with Crippen LogP contribution in [-0.4, -0.2) is 4.98 Å². The fraction of sp³-hybridized carbons (Fsp3) is 0.320. The van der Waals surface area contributed by atoms with Gasteiger partial charge in [0.05, 0.1) is 5.83 Å². The molecule has 152 valence electrons. The summed E-state index contributed by atoms with van der Waals surface area (Å²) < 4.78 is 16.7. The third-order valence-electron chi connectivity index (χ3n) is 3.47. The molecule has 3 rings (SSSR count). The van der Waals surface area contributed by atoms with E-state index in [0.717, 1.165) is 17.5 Å². The van der Waals surface area contributed by atoms with Crippen molar-refractivity contribution in [1.29, 1.82) is 0 Å². The van der Waals surface area contributed by atoms with Crippen molar-refractivity contribution in [2.24, 2.45) is 0 Å². The van der Waals surface area contributed by atoms with E-state index in [1.807, 2.05) is 52.0 Å². The Morgan fingerprint density at radius 3 is 2.11 bits per heavy atom. The van der Waals surface area contributed by atoms with Gasteiger partial charge < -0.3 is 4.42 Å². The largest absolute Gasteiger partial charge is 0.441 e. The van der Waals surface area contributed by atoms with Gasteiger partial charge in [0.1, 0.15) is 5.52 Å². The molecule has 2 nitrogen and oxygen atoms in total. The van der Waals surface area contributed by atoms with Gasteiger partial charge in [-0.1, -0.05) is 75.4 Å². The Morgan fingerprint density at radius 1 is 1.04 bits per heavy atom. The van der Waals surface area contributed by atoms with Gasteiger partial charge in [-0.3, -0.25) is 0 Å². The van der Waals surface area contributed by atoms with Gasteiger partial charge in [-0.25, -0.2) is 9.37 Å². The summed E-state index contributed by atoms with van der Waals surface area (Å²) in [5.41, 5.74) is 4.13. The third-order valence-corrected chi connectivity index (χ3v) is 3.47. The first-order chi connectivity index (χ1) is 13.5. The number of halogens is 1. The van der Waals surface area contributed by atoms with E-state index in [9.17, 15) is 4.39 Å². The average Bonchev–Trinajstić information content (AvgIpc) is 3.11. The molecule has 0 saturated carbocycles. The van der Waals surface area contributed by atoms with Gasteiger partial charge >= 0.3 is 0 Å². The minimum atomic E-state index is -0.120. The average molecular weight is 384 g/mol. The highest BCUT2D eigenvalue weighted by Gasteiger charge is 2.03. The maximum atomic E-state index is 11.3. The maximum absolute atomic E-state index is 11.3. The van der Waals surface area contributed by atoms with E-state index in [0.29, 0.717) is 5.89 Å². The Balaban J connectivity index is 0.000000509. The number of nitrogens with zero attached hydrogens (tertiary/aromatic N) is 1. The molecule has 0 fully saturated rings. The molecule has 2 aromatic carbocycles. The number of aryl methyl sites for hydroxylation is 1. The first-order valence-electron chi connectivity index (χ1n) is 9.84. The standard InChI is InChI=1S/C14H11NO.C5H10.C4H7F.C2H6/c1-10-15-13-9-12(7-8-14(13)16-10)11-5-3-2-4-6-11;1-3-5-4-2;1-3-4(2)5;1-2/h2-9H,1H3;3,5H,4H2,1-2H3;3H,1-2H3;1-2H3/b;5-3-;4-3-;. The number of oxazole rings is 1. The maximum Gasteiger partial charge on any atom is 0.192 e. The van der Waals surface area contributed by atoms with E-state index in [-0.39, 0.29) is 5.83 Å². The molecule has 0 saturated heterocycles.